The molecule has 1 aromatic carbocycles. The van der Waals surface area contributed by atoms with Crippen molar-refractivity contribution in [2.24, 2.45) is 0 Å². The molecule has 0 saturated carbocycles. The highest BCUT2D eigenvalue weighted by atomic mass is 19.2. The zero-order valence-electron chi connectivity index (χ0n) is 5.79. The summed E-state index contributed by atoms with van der Waals surface area (Å²) in [4.78, 5) is 0. The second-order valence-electron chi connectivity index (χ2n) is 2.20. The Bertz CT molecular complexity index is 270. The zero-order valence-corrected chi connectivity index (χ0v) is 5.79. The molecule has 0 radical (unpaired) electrons. The highest BCUT2D eigenvalue weighted by Gasteiger charge is 2.12. The molecule has 0 fully saturated rings. The number of hydrogen-bond acceptors (Lipinski definition) is 1. The van der Waals surface area contributed by atoms with E-state index in [9.17, 15) is 13.2 Å². The maximum atomic E-state index is 12.6. The Kier molecular flexibility index (Phi) is 1.76. The Morgan fingerprint density at radius 2 is 1.73 bits per heavy atom. The van der Waals surface area contributed by atoms with E-state index in [1.165, 1.54) is 0 Å². The lowest BCUT2D eigenvalue weighted by molar-refractivity contribution is 0.488. The van der Waals surface area contributed by atoms with Gasteiger partial charge in [0.1, 0.15) is 0 Å². The van der Waals surface area contributed by atoms with Crippen LogP contribution in [0.2, 0.25) is 0 Å². The topological polar surface area (TPSA) is 26.0 Å². The van der Waals surface area contributed by atoms with Crippen molar-refractivity contribution in [3.05, 3.63) is 29.1 Å². The Labute approximate surface area is 61.6 Å². The molecule has 0 unspecified atom stereocenters. The molecule has 0 spiro atoms. The van der Waals surface area contributed by atoms with Crippen LogP contribution < -0.4 is 5.73 Å². The largest absolute Gasteiger partial charge is 0.396 e. The zero-order chi connectivity index (χ0) is 8.59. The molecule has 0 aliphatic carbocycles. The van der Waals surface area contributed by atoms with E-state index in [0.29, 0.717) is 6.07 Å². The van der Waals surface area contributed by atoms with Crippen LogP contribution in [-0.4, -0.2) is 0 Å². The van der Waals surface area contributed by atoms with E-state index < -0.39 is 17.5 Å². The van der Waals surface area contributed by atoms with Crippen molar-refractivity contribution < 1.29 is 13.2 Å². The molecule has 0 saturated heterocycles. The van der Waals surface area contributed by atoms with Gasteiger partial charge < -0.3 is 5.73 Å². The molecule has 0 aliphatic rings. The second-order valence-corrected chi connectivity index (χ2v) is 2.20. The lowest BCUT2D eigenvalue weighted by Gasteiger charge is -2.02. The summed E-state index contributed by atoms with van der Waals surface area (Å²) >= 11 is 0. The molecule has 0 heterocycles. The average molecular weight is 161 g/mol. The van der Waals surface area contributed by atoms with Crippen LogP contribution in [0.15, 0.2) is 6.07 Å². The van der Waals surface area contributed by atoms with Crippen LogP contribution in [0.1, 0.15) is 5.56 Å². The molecule has 1 nitrogen and oxygen atoms in total. The van der Waals surface area contributed by atoms with Crippen molar-refractivity contribution in [1.29, 1.82) is 0 Å². The molecule has 0 aliphatic heterocycles. The minimum absolute atomic E-state index is 0.374. The molecule has 0 aromatic heterocycles. The number of anilines is 1. The number of hydrogen-bond donors (Lipinski definition) is 1. The minimum Gasteiger partial charge on any atom is -0.396 e. The molecule has 0 bridgehead atoms. The van der Waals surface area contributed by atoms with Crippen molar-refractivity contribution >= 4 is 5.69 Å². The summed E-state index contributed by atoms with van der Waals surface area (Å²) in [7, 11) is 0. The predicted octanol–water partition coefficient (Wildman–Crippen LogP) is 1.99. The summed E-state index contributed by atoms with van der Waals surface area (Å²) in [6, 6.07) is 0.623. The highest BCUT2D eigenvalue weighted by molar-refractivity contribution is 5.43. The molecule has 0 amide bonds. The van der Waals surface area contributed by atoms with Gasteiger partial charge in [-0.3, -0.25) is 0 Å². The fourth-order valence-electron chi connectivity index (χ4n) is 0.755. The van der Waals surface area contributed by atoms with Crippen LogP contribution >= 0.6 is 0 Å². The highest BCUT2D eigenvalue weighted by Crippen LogP contribution is 2.20. The van der Waals surface area contributed by atoms with Crippen molar-refractivity contribution in [1.82, 2.24) is 0 Å². The van der Waals surface area contributed by atoms with Gasteiger partial charge in [-0.1, -0.05) is 0 Å². The van der Waals surface area contributed by atoms with Crippen LogP contribution in [-0.2, 0) is 0 Å². The molecule has 2 N–H and O–H groups in total. The van der Waals surface area contributed by atoms with Gasteiger partial charge in [-0.05, 0) is 6.92 Å². The summed E-state index contributed by atoms with van der Waals surface area (Å²) in [5, 5.41) is 0. The van der Waals surface area contributed by atoms with Crippen LogP contribution in [0.5, 0.6) is 0 Å². The molecule has 1 aromatic rings. The lowest BCUT2D eigenvalue weighted by Crippen LogP contribution is -1.99. The van der Waals surface area contributed by atoms with Crippen LogP contribution in [0, 0.1) is 24.4 Å². The van der Waals surface area contributed by atoms with Crippen LogP contribution in [0.3, 0.4) is 0 Å². The van der Waals surface area contributed by atoms with Crippen molar-refractivity contribution in [2.75, 3.05) is 5.73 Å². The van der Waals surface area contributed by atoms with E-state index in [0.717, 1.165) is 6.92 Å². The van der Waals surface area contributed by atoms with Crippen molar-refractivity contribution in [3.8, 4) is 0 Å². The summed E-state index contributed by atoms with van der Waals surface area (Å²) in [5.41, 5.74) is 4.25. The number of nitrogen functional groups attached to an aromatic ring is 1. The van der Waals surface area contributed by atoms with Gasteiger partial charge in [-0.15, -0.1) is 0 Å². The molecule has 4 heteroatoms. The quantitative estimate of drug-likeness (QED) is 0.457. The summed E-state index contributed by atoms with van der Waals surface area (Å²) < 4.78 is 37.5. The van der Waals surface area contributed by atoms with Gasteiger partial charge in [0, 0.05) is 11.6 Å². The van der Waals surface area contributed by atoms with Crippen molar-refractivity contribution in [3.63, 3.8) is 0 Å². The smallest absolute Gasteiger partial charge is 0.164 e. The van der Waals surface area contributed by atoms with Gasteiger partial charge in [0.2, 0.25) is 0 Å². The predicted molar refractivity (Wildman–Crippen MR) is 35.5 cm³/mol. The first kappa shape index (κ1) is 7.91. The Balaban J connectivity index is 3.46. The Hall–Kier alpha value is -1.19. The first-order chi connectivity index (χ1) is 5.04. The fraction of sp³-hybridized carbons (Fsp3) is 0.143. The maximum absolute atomic E-state index is 12.6. The molecule has 1 rings (SSSR count). The standard InChI is InChI=1S/C7H6F3N/c1-3-6(9)4(8)2-5(11)7(3)10/h2H,11H2,1H3. The minimum atomic E-state index is -1.18. The Morgan fingerprint density at radius 1 is 1.18 bits per heavy atom. The third-order valence-electron chi connectivity index (χ3n) is 1.40. The number of nitrogens with two attached hydrogens (primary N) is 1. The first-order valence-electron chi connectivity index (χ1n) is 2.93. The molecule has 11 heavy (non-hydrogen) atoms. The van der Waals surface area contributed by atoms with E-state index in [1.807, 2.05) is 0 Å². The number of halogens is 3. The summed E-state index contributed by atoms with van der Waals surface area (Å²) in [6.45, 7) is 1.13. The van der Waals surface area contributed by atoms with Gasteiger partial charge in [-0.25, -0.2) is 13.2 Å². The third kappa shape index (κ3) is 1.15. The summed E-state index contributed by atoms with van der Waals surface area (Å²) in [5.74, 6) is -3.21. The van der Waals surface area contributed by atoms with Gasteiger partial charge in [-0.2, -0.15) is 0 Å². The van der Waals surface area contributed by atoms with E-state index in [2.05, 4.69) is 0 Å². The lowest BCUT2D eigenvalue weighted by atomic mass is 10.2. The second kappa shape index (κ2) is 2.45. The number of rotatable bonds is 0. The molecule has 60 valence electrons. The van der Waals surface area contributed by atoms with E-state index in [-0.39, 0.29) is 11.3 Å². The molecular weight excluding hydrogens is 155 g/mol. The third-order valence-corrected chi connectivity index (χ3v) is 1.40. The van der Waals surface area contributed by atoms with Crippen molar-refractivity contribution in [2.45, 2.75) is 6.92 Å². The van der Waals surface area contributed by atoms with E-state index in [4.69, 9.17) is 5.73 Å². The van der Waals surface area contributed by atoms with Gasteiger partial charge >= 0.3 is 0 Å². The van der Waals surface area contributed by atoms with Crippen LogP contribution in [0.25, 0.3) is 0 Å². The van der Waals surface area contributed by atoms with Gasteiger partial charge in [0.25, 0.3) is 0 Å². The fourth-order valence-corrected chi connectivity index (χ4v) is 0.755. The van der Waals surface area contributed by atoms with Gasteiger partial charge in [0.15, 0.2) is 17.5 Å². The number of benzene rings is 1. The van der Waals surface area contributed by atoms with E-state index >= 15 is 0 Å². The Morgan fingerprint density at radius 3 is 2.27 bits per heavy atom. The maximum Gasteiger partial charge on any atom is 0.164 e. The monoisotopic (exact) mass is 161 g/mol. The average Bonchev–Trinajstić information content (AvgIpc) is 1.97. The normalized spacial score (nSPS) is 10.2. The molecule has 0 atom stereocenters. The van der Waals surface area contributed by atoms with Crippen LogP contribution in [0.4, 0.5) is 18.9 Å². The molecular formula is C7H6F3N. The SMILES string of the molecule is Cc1c(F)c(N)cc(F)c1F. The van der Waals surface area contributed by atoms with E-state index in [1.54, 1.807) is 0 Å². The van der Waals surface area contributed by atoms with Gasteiger partial charge in [0.05, 0.1) is 5.69 Å². The first-order valence-corrected chi connectivity index (χ1v) is 2.93. The summed E-state index contributed by atoms with van der Waals surface area (Å²) in [6.07, 6.45) is 0.